The molecule has 0 aliphatic heterocycles. The van der Waals surface area contributed by atoms with Gasteiger partial charge in [-0.05, 0) is 67.3 Å². The number of Topliss-reactive ketones (excluding diaryl/α,β-unsaturated/α-hetero) is 1. The van der Waals surface area contributed by atoms with Crippen LogP contribution in [0.1, 0.15) is 64.0 Å². The minimum absolute atomic E-state index is 0.0255. The molecular formula is C30H43FO4Si. The van der Waals surface area contributed by atoms with Crippen LogP contribution in [-0.2, 0) is 26.9 Å². The number of unbranched alkanes of at least 4 members (excludes halogenated alkanes) is 1. The van der Waals surface area contributed by atoms with E-state index in [1.165, 1.54) is 11.1 Å². The molecule has 2 aliphatic carbocycles. The van der Waals surface area contributed by atoms with E-state index in [0.29, 0.717) is 25.2 Å². The summed E-state index contributed by atoms with van der Waals surface area (Å²) in [6.07, 6.45) is 10.2. The summed E-state index contributed by atoms with van der Waals surface area (Å²) in [5.41, 5.74) is 2.73. The highest BCUT2D eigenvalue weighted by Crippen LogP contribution is 2.41. The highest BCUT2D eigenvalue weighted by molar-refractivity contribution is 6.74. The lowest BCUT2D eigenvalue weighted by molar-refractivity contribution is -0.137. The number of rotatable bonds is 11. The van der Waals surface area contributed by atoms with Crippen LogP contribution in [0.15, 0.2) is 48.6 Å². The molecule has 1 N–H and O–H groups in total. The highest BCUT2D eigenvalue weighted by Gasteiger charge is 2.43. The largest absolute Gasteiger partial charge is 0.481 e. The van der Waals surface area contributed by atoms with Crippen LogP contribution in [0.4, 0.5) is 4.39 Å². The van der Waals surface area contributed by atoms with Crippen molar-refractivity contribution < 1.29 is 23.5 Å². The third kappa shape index (κ3) is 7.25. The standard InChI is InChI=1S/C30H43FO4Si/c1-30(2,3)36(4,5)35-28(23-18-21-12-10-11-13-22(21)19-23)17-16-24-25(27(32)20-26(24)31)14-8-6-7-9-15-29(33)34/h6,8,10-13,16-17,23-26,28H,7,9,14-15,18-20H2,1-5H3,(H,33,34)/t24-,25-,26+,28-/m1/s1. The van der Waals surface area contributed by atoms with Crippen molar-refractivity contribution in [1.82, 2.24) is 0 Å². The summed E-state index contributed by atoms with van der Waals surface area (Å²) in [6.45, 7) is 11.2. The zero-order valence-electron chi connectivity index (χ0n) is 22.5. The predicted molar refractivity (Wildman–Crippen MR) is 145 cm³/mol. The minimum atomic E-state index is -2.07. The number of fused-ring (bicyclic) bond motifs is 1. The molecule has 198 valence electrons. The molecule has 0 unspecified atom stereocenters. The van der Waals surface area contributed by atoms with Gasteiger partial charge in [0, 0.05) is 24.7 Å². The van der Waals surface area contributed by atoms with Crippen molar-refractivity contribution in [3.8, 4) is 0 Å². The summed E-state index contributed by atoms with van der Waals surface area (Å²) in [5.74, 6) is -1.35. The maximum absolute atomic E-state index is 15.0. The number of hydrogen-bond acceptors (Lipinski definition) is 3. The minimum Gasteiger partial charge on any atom is -0.481 e. The first-order chi connectivity index (χ1) is 16.9. The average molecular weight is 515 g/mol. The second-order valence-electron chi connectivity index (χ2n) is 12.0. The Labute approximate surface area is 217 Å². The van der Waals surface area contributed by atoms with Gasteiger partial charge in [-0.25, -0.2) is 4.39 Å². The molecule has 0 radical (unpaired) electrons. The number of carboxylic acid groups (broad SMARTS) is 1. The molecule has 1 aromatic rings. The van der Waals surface area contributed by atoms with E-state index in [9.17, 15) is 14.0 Å². The van der Waals surface area contributed by atoms with Gasteiger partial charge in [-0.3, -0.25) is 9.59 Å². The number of aliphatic carboxylic acids is 1. The molecule has 3 rings (SSSR count). The van der Waals surface area contributed by atoms with E-state index < -0.39 is 26.4 Å². The second-order valence-corrected chi connectivity index (χ2v) is 16.8. The Morgan fingerprint density at radius 3 is 2.39 bits per heavy atom. The first kappa shape index (κ1) is 28.5. The number of carbonyl (C=O) groups excluding carboxylic acids is 1. The third-order valence-electron chi connectivity index (χ3n) is 8.32. The molecule has 1 saturated carbocycles. The third-order valence-corrected chi connectivity index (χ3v) is 12.8. The van der Waals surface area contributed by atoms with Gasteiger partial charge in [0.1, 0.15) is 12.0 Å². The summed E-state index contributed by atoms with van der Waals surface area (Å²) in [7, 11) is -2.07. The number of hydrogen-bond donors (Lipinski definition) is 1. The fourth-order valence-corrected chi connectivity index (χ4v) is 6.40. The van der Waals surface area contributed by atoms with Gasteiger partial charge >= 0.3 is 5.97 Å². The van der Waals surface area contributed by atoms with Crippen molar-refractivity contribution in [2.45, 2.75) is 96.1 Å². The zero-order valence-corrected chi connectivity index (χ0v) is 23.5. The van der Waals surface area contributed by atoms with Gasteiger partial charge < -0.3 is 9.53 Å². The first-order valence-electron chi connectivity index (χ1n) is 13.4. The van der Waals surface area contributed by atoms with E-state index in [0.717, 1.165) is 12.8 Å². The fourth-order valence-electron chi connectivity index (χ4n) is 5.09. The van der Waals surface area contributed by atoms with E-state index in [-0.39, 0.29) is 35.7 Å². The van der Waals surface area contributed by atoms with Crippen LogP contribution in [0.3, 0.4) is 0 Å². The molecule has 0 bridgehead atoms. The molecule has 0 saturated heterocycles. The number of carbonyl (C=O) groups is 2. The number of benzene rings is 1. The Hall–Kier alpha value is -2.05. The quantitative estimate of drug-likeness (QED) is 0.194. The normalized spacial score (nSPS) is 24.2. The van der Waals surface area contributed by atoms with E-state index in [1.54, 1.807) is 0 Å². The lowest BCUT2D eigenvalue weighted by Gasteiger charge is -2.40. The molecule has 4 nitrogen and oxygen atoms in total. The maximum Gasteiger partial charge on any atom is 0.303 e. The average Bonchev–Trinajstić information content (AvgIpc) is 3.33. The number of allylic oxidation sites excluding steroid dienone is 3. The summed E-state index contributed by atoms with van der Waals surface area (Å²) < 4.78 is 21.9. The summed E-state index contributed by atoms with van der Waals surface area (Å²) in [4.78, 5) is 23.3. The smallest absolute Gasteiger partial charge is 0.303 e. The van der Waals surface area contributed by atoms with Gasteiger partial charge in [0.05, 0.1) is 6.10 Å². The first-order valence-corrected chi connectivity index (χ1v) is 16.3. The Morgan fingerprint density at radius 2 is 1.81 bits per heavy atom. The summed E-state index contributed by atoms with van der Waals surface area (Å²) in [5, 5.41) is 8.82. The maximum atomic E-state index is 15.0. The van der Waals surface area contributed by atoms with Crippen molar-refractivity contribution >= 4 is 20.1 Å². The van der Waals surface area contributed by atoms with Gasteiger partial charge in [-0.15, -0.1) is 0 Å². The molecule has 6 heteroatoms. The van der Waals surface area contributed by atoms with E-state index >= 15 is 0 Å². The van der Waals surface area contributed by atoms with Crippen molar-refractivity contribution in [3.05, 3.63) is 59.7 Å². The van der Waals surface area contributed by atoms with Crippen LogP contribution in [0.2, 0.25) is 18.1 Å². The molecule has 1 aromatic carbocycles. The Kier molecular flexibility index (Phi) is 9.50. The van der Waals surface area contributed by atoms with Crippen LogP contribution >= 0.6 is 0 Å². The van der Waals surface area contributed by atoms with Crippen LogP contribution in [-0.4, -0.2) is 37.5 Å². The van der Waals surface area contributed by atoms with Gasteiger partial charge in [-0.2, -0.15) is 0 Å². The van der Waals surface area contributed by atoms with Gasteiger partial charge in [0.2, 0.25) is 0 Å². The van der Waals surface area contributed by atoms with Gasteiger partial charge in [0.15, 0.2) is 8.32 Å². The number of halogens is 1. The van der Waals surface area contributed by atoms with Gasteiger partial charge in [-0.1, -0.05) is 69.3 Å². The van der Waals surface area contributed by atoms with E-state index in [2.05, 4.69) is 64.2 Å². The van der Waals surface area contributed by atoms with Crippen LogP contribution in [0.5, 0.6) is 0 Å². The van der Waals surface area contributed by atoms with Crippen molar-refractivity contribution in [3.63, 3.8) is 0 Å². The number of alkyl halides is 1. The molecule has 36 heavy (non-hydrogen) atoms. The zero-order chi connectivity index (χ0) is 26.5. The van der Waals surface area contributed by atoms with Crippen molar-refractivity contribution in [1.29, 1.82) is 0 Å². The van der Waals surface area contributed by atoms with Gasteiger partial charge in [0.25, 0.3) is 0 Å². The molecule has 4 atom stereocenters. The molecule has 0 aromatic heterocycles. The second kappa shape index (κ2) is 12.0. The number of ketones is 1. The monoisotopic (exact) mass is 514 g/mol. The van der Waals surface area contributed by atoms with Crippen LogP contribution in [0.25, 0.3) is 0 Å². The topological polar surface area (TPSA) is 63.6 Å². The van der Waals surface area contributed by atoms with Crippen LogP contribution < -0.4 is 0 Å². The Balaban J connectivity index is 1.75. The van der Waals surface area contributed by atoms with Crippen molar-refractivity contribution in [2.75, 3.05) is 0 Å². The molecule has 0 amide bonds. The van der Waals surface area contributed by atoms with E-state index in [4.69, 9.17) is 9.53 Å². The summed E-state index contributed by atoms with van der Waals surface area (Å²) >= 11 is 0. The predicted octanol–water partition coefficient (Wildman–Crippen LogP) is 7.09. The lowest BCUT2D eigenvalue weighted by Crippen LogP contribution is -2.45. The molecule has 1 fully saturated rings. The molecule has 0 spiro atoms. The summed E-state index contributed by atoms with van der Waals surface area (Å²) in [6, 6.07) is 8.54. The SMILES string of the molecule is CC(C)(C)[Si](C)(C)O[C@H](C=C[C@H]1[C@@H](F)CC(=O)[C@@H]1CC=CCCCC(=O)O)C1Cc2ccccc2C1. The lowest BCUT2D eigenvalue weighted by atomic mass is 9.89. The van der Waals surface area contributed by atoms with E-state index in [1.807, 2.05) is 18.2 Å². The fraction of sp³-hybridized carbons (Fsp3) is 0.600. The molecular weight excluding hydrogens is 471 g/mol. The van der Waals surface area contributed by atoms with Crippen LogP contribution in [0, 0.1) is 17.8 Å². The highest BCUT2D eigenvalue weighted by atomic mass is 28.4. The molecule has 2 aliphatic rings. The molecule has 0 heterocycles. The Bertz CT molecular complexity index is 952. The Morgan fingerprint density at radius 1 is 1.17 bits per heavy atom. The number of carboxylic acids is 1. The van der Waals surface area contributed by atoms with Crippen molar-refractivity contribution in [2.24, 2.45) is 17.8 Å².